The van der Waals surface area contributed by atoms with Gasteiger partial charge in [-0.25, -0.2) is 4.99 Å². The minimum atomic E-state index is -0.375. The van der Waals surface area contributed by atoms with Crippen molar-refractivity contribution >= 4 is 29.4 Å². The monoisotopic (exact) mass is 414 g/mol. The van der Waals surface area contributed by atoms with Gasteiger partial charge >= 0.3 is 0 Å². The molecule has 1 aromatic rings. The molecule has 28 heavy (non-hydrogen) atoms. The van der Waals surface area contributed by atoms with E-state index in [4.69, 9.17) is 10.3 Å². The highest BCUT2D eigenvalue weighted by Gasteiger charge is 2.47. The maximum atomic E-state index is 10.1. The van der Waals surface area contributed by atoms with E-state index in [0.29, 0.717) is 28.3 Å². The molecule has 146 valence electrons. The van der Waals surface area contributed by atoms with Gasteiger partial charge in [-0.3, -0.25) is 0 Å². The molecule has 0 unspecified atom stereocenters. The molecule has 3 aliphatic rings. The van der Waals surface area contributed by atoms with E-state index in [-0.39, 0.29) is 5.41 Å². The quantitative estimate of drug-likeness (QED) is 0.761. The molecule has 7 nitrogen and oxygen atoms in total. The molecule has 9 heteroatoms. The molecule has 1 saturated carbocycles. The molecule has 1 fully saturated rings. The van der Waals surface area contributed by atoms with Gasteiger partial charge in [-0.15, -0.1) is 0 Å². The normalized spacial score (nSPS) is 24.0. The topological polar surface area (TPSA) is 113 Å². The summed E-state index contributed by atoms with van der Waals surface area (Å²) in [6.45, 7) is 3.81. The van der Waals surface area contributed by atoms with Gasteiger partial charge in [-0.2, -0.15) is 10.2 Å². The summed E-state index contributed by atoms with van der Waals surface area (Å²) in [4.78, 5) is 8.89. The Morgan fingerprint density at radius 2 is 2.14 bits per heavy atom. The number of rotatable bonds is 3. The molecule has 0 saturated heterocycles. The predicted octanol–water partition coefficient (Wildman–Crippen LogP) is 4.08. The molecule has 2 aliphatic heterocycles. The zero-order valence-corrected chi connectivity index (χ0v) is 17.5. The highest BCUT2D eigenvalue weighted by Crippen LogP contribution is 2.54. The minimum Gasteiger partial charge on any atom is -0.383 e. The Morgan fingerprint density at radius 1 is 1.36 bits per heavy atom. The summed E-state index contributed by atoms with van der Waals surface area (Å²) in [5.74, 6) is 2.09. The van der Waals surface area contributed by atoms with Crippen LogP contribution in [-0.4, -0.2) is 16.0 Å². The number of aryl methyl sites for hydroxylation is 1. The van der Waals surface area contributed by atoms with Crippen LogP contribution in [0.25, 0.3) is 0 Å². The number of allylic oxidation sites excluding steroid dienone is 2. The lowest BCUT2D eigenvalue weighted by molar-refractivity contribution is 0.301. The lowest BCUT2D eigenvalue weighted by Crippen LogP contribution is -2.40. The maximum absolute atomic E-state index is 10.1. The summed E-state index contributed by atoms with van der Waals surface area (Å²) in [6.07, 6.45) is 5.16. The van der Waals surface area contributed by atoms with Gasteiger partial charge in [0.05, 0.1) is 22.4 Å². The zero-order valence-electron chi connectivity index (χ0n) is 15.9. The molecule has 4 rings (SSSR count). The first-order valence-corrected chi connectivity index (χ1v) is 11.2. The van der Waals surface area contributed by atoms with E-state index >= 15 is 0 Å². The molecule has 1 spiro atoms. The third-order valence-electron chi connectivity index (χ3n) is 5.26. The van der Waals surface area contributed by atoms with Gasteiger partial charge in [0.2, 0.25) is 5.89 Å². The van der Waals surface area contributed by atoms with Crippen molar-refractivity contribution in [3.8, 4) is 6.07 Å². The van der Waals surface area contributed by atoms with Crippen LogP contribution in [0.15, 0.2) is 41.8 Å². The molecule has 1 aromatic heterocycles. The van der Waals surface area contributed by atoms with Crippen LogP contribution in [0.3, 0.4) is 0 Å². The Labute approximate surface area is 172 Å². The highest BCUT2D eigenvalue weighted by atomic mass is 32.2. The largest absolute Gasteiger partial charge is 0.383 e. The first-order valence-electron chi connectivity index (χ1n) is 9.30. The molecular formula is C19H22N6OS2. The van der Waals surface area contributed by atoms with E-state index in [0.717, 1.165) is 47.6 Å². The summed E-state index contributed by atoms with van der Waals surface area (Å²) in [7, 11) is 0. The summed E-state index contributed by atoms with van der Waals surface area (Å²) in [5.41, 5.74) is 8.91. The van der Waals surface area contributed by atoms with Crippen molar-refractivity contribution in [3.63, 3.8) is 0 Å². The molecule has 1 aliphatic carbocycles. The third-order valence-corrected chi connectivity index (χ3v) is 7.23. The molecule has 0 atom stereocenters. The molecule has 3 heterocycles. The van der Waals surface area contributed by atoms with Crippen LogP contribution in [0.4, 0.5) is 0 Å². The number of hydrogen-bond acceptors (Lipinski definition) is 9. The summed E-state index contributed by atoms with van der Waals surface area (Å²) < 4.78 is 5.21. The van der Waals surface area contributed by atoms with Gasteiger partial charge in [0.1, 0.15) is 10.9 Å². The average Bonchev–Trinajstić information content (AvgIpc) is 3.29. The van der Waals surface area contributed by atoms with Gasteiger partial charge in [-0.1, -0.05) is 47.9 Å². The lowest BCUT2D eigenvalue weighted by atomic mass is 9.64. The third kappa shape index (κ3) is 3.35. The van der Waals surface area contributed by atoms with E-state index in [2.05, 4.69) is 31.9 Å². The highest BCUT2D eigenvalue weighted by molar-refractivity contribution is 8.06. The van der Waals surface area contributed by atoms with Crippen LogP contribution < -0.4 is 11.1 Å². The maximum Gasteiger partial charge on any atom is 0.237 e. The molecule has 0 aromatic carbocycles. The molecule has 3 N–H and O–H groups in total. The number of nitrogens with two attached hydrogens (primary N) is 1. The Kier molecular flexibility index (Phi) is 5.25. The van der Waals surface area contributed by atoms with Gasteiger partial charge in [-0.05, 0) is 32.1 Å². The van der Waals surface area contributed by atoms with Gasteiger partial charge < -0.3 is 15.6 Å². The van der Waals surface area contributed by atoms with Crippen LogP contribution in [0.2, 0.25) is 0 Å². The van der Waals surface area contributed by atoms with E-state index in [9.17, 15) is 5.26 Å². The second kappa shape index (κ2) is 7.68. The average molecular weight is 415 g/mol. The summed E-state index contributed by atoms with van der Waals surface area (Å²) in [5, 5.41) is 21.1. The van der Waals surface area contributed by atoms with Crippen LogP contribution in [0, 0.1) is 23.7 Å². The van der Waals surface area contributed by atoms with Crippen molar-refractivity contribution in [2.45, 2.75) is 51.7 Å². The predicted molar refractivity (Wildman–Crippen MR) is 112 cm³/mol. The number of amidine groups is 1. The second-order valence-corrected chi connectivity index (χ2v) is 9.05. The van der Waals surface area contributed by atoms with Crippen molar-refractivity contribution in [2.75, 3.05) is 0 Å². The first-order chi connectivity index (χ1) is 13.5. The van der Waals surface area contributed by atoms with Crippen molar-refractivity contribution in [1.82, 2.24) is 15.5 Å². The van der Waals surface area contributed by atoms with Crippen molar-refractivity contribution < 1.29 is 4.52 Å². The minimum absolute atomic E-state index is 0.375. The molecular weight excluding hydrogens is 392 g/mol. The number of thioether (sulfide) groups is 2. The Morgan fingerprint density at radius 3 is 2.75 bits per heavy atom. The fourth-order valence-electron chi connectivity index (χ4n) is 4.08. The fraction of sp³-hybridized carbons (Fsp3) is 0.474. The van der Waals surface area contributed by atoms with Crippen molar-refractivity contribution in [3.05, 3.63) is 44.0 Å². The zero-order chi connectivity index (χ0) is 19.7. The molecule has 0 bridgehead atoms. The Hall–Kier alpha value is -2.18. The van der Waals surface area contributed by atoms with E-state index in [1.165, 1.54) is 18.2 Å². The second-order valence-electron chi connectivity index (χ2n) is 7.20. The smallest absolute Gasteiger partial charge is 0.237 e. The Balaban J connectivity index is 1.75. The molecule has 0 radical (unpaired) electrons. The number of aromatic nitrogens is 2. The van der Waals surface area contributed by atoms with E-state index in [1.807, 2.05) is 6.92 Å². The van der Waals surface area contributed by atoms with E-state index in [1.54, 1.807) is 18.7 Å². The first kappa shape index (κ1) is 19.2. The SMILES string of the molecule is CC1=CSC(=C2C(N)=NC(SCc3nc(C)no3)=C(C#N)C23CCCCC3)N1. The fourth-order valence-corrected chi connectivity index (χ4v) is 6.00. The van der Waals surface area contributed by atoms with Crippen LogP contribution in [-0.2, 0) is 5.75 Å². The Bertz CT molecular complexity index is 959. The standard InChI is InChI=1S/C19H22N6OS2/c1-11-9-27-18(22-11)15-16(21)24-17(28-10-14-23-12(2)25-26-14)13(8-20)19(15)6-4-3-5-7-19/h9,22H,3-7,10H2,1-2H3,(H2,21,24). The van der Waals surface area contributed by atoms with Gasteiger partial charge in [0, 0.05) is 16.7 Å². The lowest BCUT2D eigenvalue weighted by Gasteiger charge is -2.42. The number of nitrogens with zero attached hydrogens (tertiary/aromatic N) is 4. The summed E-state index contributed by atoms with van der Waals surface area (Å²) >= 11 is 3.07. The van der Waals surface area contributed by atoms with Gasteiger partial charge in [0.15, 0.2) is 5.82 Å². The van der Waals surface area contributed by atoms with E-state index < -0.39 is 0 Å². The number of aliphatic imine (C=N–C) groups is 1. The van der Waals surface area contributed by atoms with Gasteiger partial charge in [0.25, 0.3) is 0 Å². The van der Waals surface area contributed by atoms with Crippen molar-refractivity contribution in [1.29, 1.82) is 5.26 Å². The van der Waals surface area contributed by atoms with Crippen LogP contribution in [0.5, 0.6) is 0 Å². The van der Waals surface area contributed by atoms with Crippen LogP contribution >= 0.6 is 23.5 Å². The number of nitrogens with one attached hydrogen (secondary N) is 1. The number of hydrogen-bond donors (Lipinski definition) is 2. The van der Waals surface area contributed by atoms with Crippen LogP contribution in [0.1, 0.15) is 50.7 Å². The van der Waals surface area contributed by atoms with Crippen molar-refractivity contribution in [2.24, 2.45) is 16.1 Å². The summed E-state index contributed by atoms with van der Waals surface area (Å²) in [6, 6.07) is 2.48. The molecule has 0 amide bonds. The number of nitriles is 1.